The van der Waals surface area contributed by atoms with E-state index in [1.54, 1.807) is 0 Å². The van der Waals surface area contributed by atoms with E-state index in [9.17, 15) is 0 Å². The van der Waals surface area contributed by atoms with E-state index >= 15 is 0 Å². The Kier molecular flexibility index (Phi) is 4.60. The first-order valence-corrected chi connectivity index (χ1v) is 5.58. The van der Waals surface area contributed by atoms with Gasteiger partial charge in [0.25, 0.3) is 0 Å². The molecule has 0 radical (unpaired) electrons. The lowest BCUT2D eigenvalue weighted by Gasteiger charge is -2.08. The predicted octanol–water partition coefficient (Wildman–Crippen LogP) is 3.98. The average molecular weight is 264 g/mol. The Morgan fingerprint density at radius 1 is 1.46 bits per heavy atom. The molecular weight excluding hydrogens is 251 g/mol. The number of benzene rings is 1. The van der Waals surface area contributed by atoms with Gasteiger partial charge in [0.15, 0.2) is 0 Å². The molecule has 0 N–H and O–H groups in total. The van der Waals surface area contributed by atoms with Crippen LogP contribution in [-0.4, -0.2) is 6.61 Å². The van der Waals surface area contributed by atoms with E-state index in [0.717, 1.165) is 28.8 Å². The molecule has 1 aromatic rings. The van der Waals surface area contributed by atoms with E-state index in [1.807, 2.05) is 18.2 Å². The summed E-state index contributed by atoms with van der Waals surface area (Å²) < 4.78 is 6.56. The predicted molar refractivity (Wildman–Crippen MR) is 59.5 cm³/mol. The van der Waals surface area contributed by atoms with Gasteiger partial charge in [-0.05, 0) is 24.6 Å². The molecule has 0 aromatic heterocycles. The van der Waals surface area contributed by atoms with Gasteiger partial charge in [-0.25, -0.2) is 0 Å². The van der Waals surface area contributed by atoms with Crippen molar-refractivity contribution in [3.63, 3.8) is 0 Å². The van der Waals surface area contributed by atoms with Gasteiger partial charge in [0.1, 0.15) is 5.75 Å². The minimum absolute atomic E-state index is 0.485. The molecule has 0 saturated carbocycles. The van der Waals surface area contributed by atoms with Crippen LogP contribution in [-0.2, 0) is 5.88 Å². The summed E-state index contributed by atoms with van der Waals surface area (Å²) in [5, 5.41) is 0. The van der Waals surface area contributed by atoms with E-state index in [0.29, 0.717) is 5.88 Å². The number of hydrogen-bond donors (Lipinski definition) is 0. The van der Waals surface area contributed by atoms with E-state index in [2.05, 4.69) is 22.9 Å². The highest BCUT2D eigenvalue weighted by molar-refractivity contribution is 9.10. The summed E-state index contributed by atoms with van der Waals surface area (Å²) in [7, 11) is 0. The Labute approximate surface area is 92.2 Å². The molecule has 0 heterocycles. The van der Waals surface area contributed by atoms with Crippen molar-refractivity contribution >= 4 is 27.5 Å². The van der Waals surface area contributed by atoms with Crippen LogP contribution in [0.1, 0.15) is 18.9 Å². The molecule has 1 rings (SSSR count). The standard InChI is InChI=1S/C10H12BrClO/c1-2-5-13-10-4-3-9(11)6-8(10)7-12/h3-4,6H,2,5,7H2,1H3. The summed E-state index contributed by atoms with van der Waals surface area (Å²) in [5.74, 6) is 1.37. The van der Waals surface area contributed by atoms with Crippen molar-refractivity contribution in [2.75, 3.05) is 6.61 Å². The van der Waals surface area contributed by atoms with Gasteiger partial charge in [-0.2, -0.15) is 0 Å². The summed E-state index contributed by atoms with van der Waals surface area (Å²) in [6.07, 6.45) is 1.01. The smallest absolute Gasteiger partial charge is 0.123 e. The Balaban J connectivity index is 2.79. The zero-order chi connectivity index (χ0) is 9.68. The van der Waals surface area contributed by atoms with Gasteiger partial charge in [-0.1, -0.05) is 22.9 Å². The van der Waals surface area contributed by atoms with Gasteiger partial charge in [-0.3, -0.25) is 0 Å². The van der Waals surface area contributed by atoms with Crippen LogP contribution in [0.3, 0.4) is 0 Å². The first-order chi connectivity index (χ1) is 6.27. The quantitative estimate of drug-likeness (QED) is 0.747. The van der Waals surface area contributed by atoms with Gasteiger partial charge in [0.05, 0.1) is 12.5 Å². The molecule has 3 heteroatoms. The Hall–Kier alpha value is -0.210. The van der Waals surface area contributed by atoms with Gasteiger partial charge in [-0.15, -0.1) is 11.6 Å². The van der Waals surface area contributed by atoms with Gasteiger partial charge < -0.3 is 4.74 Å². The molecule has 0 aliphatic heterocycles. The van der Waals surface area contributed by atoms with Gasteiger partial charge in [0, 0.05) is 10.0 Å². The maximum Gasteiger partial charge on any atom is 0.123 e. The van der Waals surface area contributed by atoms with Crippen LogP contribution in [0.15, 0.2) is 22.7 Å². The van der Waals surface area contributed by atoms with Crippen LogP contribution in [0.2, 0.25) is 0 Å². The maximum absolute atomic E-state index is 5.78. The number of alkyl halides is 1. The largest absolute Gasteiger partial charge is 0.493 e. The molecule has 0 atom stereocenters. The van der Waals surface area contributed by atoms with Crippen molar-refractivity contribution < 1.29 is 4.74 Å². The first-order valence-electron chi connectivity index (χ1n) is 4.25. The Morgan fingerprint density at radius 2 is 2.23 bits per heavy atom. The maximum atomic E-state index is 5.78. The van der Waals surface area contributed by atoms with Crippen molar-refractivity contribution in [1.82, 2.24) is 0 Å². The Morgan fingerprint density at radius 3 is 2.85 bits per heavy atom. The Bertz CT molecular complexity index is 276. The molecular formula is C10H12BrClO. The molecule has 0 bridgehead atoms. The number of hydrogen-bond acceptors (Lipinski definition) is 1. The molecule has 0 fully saturated rings. The molecule has 0 saturated heterocycles. The third-order valence-electron chi connectivity index (χ3n) is 1.63. The summed E-state index contributed by atoms with van der Waals surface area (Å²) in [6.45, 7) is 2.82. The lowest BCUT2D eigenvalue weighted by molar-refractivity contribution is 0.315. The number of rotatable bonds is 4. The van der Waals surface area contributed by atoms with E-state index in [1.165, 1.54) is 0 Å². The molecule has 0 aliphatic rings. The van der Waals surface area contributed by atoms with Gasteiger partial charge >= 0.3 is 0 Å². The normalized spacial score (nSPS) is 10.1. The van der Waals surface area contributed by atoms with Gasteiger partial charge in [0.2, 0.25) is 0 Å². The highest BCUT2D eigenvalue weighted by Crippen LogP contribution is 2.24. The fraction of sp³-hybridized carbons (Fsp3) is 0.400. The minimum atomic E-state index is 0.485. The molecule has 72 valence electrons. The molecule has 1 nitrogen and oxygen atoms in total. The first kappa shape index (κ1) is 10.9. The van der Waals surface area contributed by atoms with Crippen molar-refractivity contribution in [3.05, 3.63) is 28.2 Å². The van der Waals surface area contributed by atoms with Crippen LogP contribution in [0.4, 0.5) is 0 Å². The van der Waals surface area contributed by atoms with Crippen LogP contribution < -0.4 is 4.74 Å². The van der Waals surface area contributed by atoms with E-state index in [4.69, 9.17) is 16.3 Å². The fourth-order valence-electron chi connectivity index (χ4n) is 1.01. The third-order valence-corrected chi connectivity index (χ3v) is 2.41. The summed E-state index contributed by atoms with van der Waals surface area (Å²) in [5.41, 5.74) is 1.03. The van der Waals surface area contributed by atoms with Crippen molar-refractivity contribution in [2.45, 2.75) is 19.2 Å². The SMILES string of the molecule is CCCOc1ccc(Br)cc1CCl. The fourth-order valence-corrected chi connectivity index (χ4v) is 1.62. The van der Waals surface area contributed by atoms with Crippen LogP contribution in [0.25, 0.3) is 0 Å². The third kappa shape index (κ3) is 3.20. The highest BCUT2D eigenvalue weighted by atomic mass is 79.9. The lowest BCUT2D eigenvalue weighted by Crippen LogP contribution is -1.97. The van der Waals surface area contributed by atoms with Crippen molar-refractivity contribution in [2.24, 2.45) is 0 Å². The summed E-state index contributed by atoms with van der Waals surface area (Å²) in [4.78, 5) is 0. The molecule has 1 aromatic carbocycles. The van der Waals surface area contributed by atoms with E-state index < -0.39 is 0 Å². The second-order valence-electron chi connectivity index (χ2n) is 2.73. The highest BCUT2D eigenvalue weighted by Gasteiger charge is 2.02. The summed E-state index contributed by atoms with van der Waals surface area (Å²) in [6, 6.07) is 5.89. The van der Waals surface area contributed by atoms with Crippen molar-refractivity contribution in [3.8, 4) is 5.75 Å². The summed E-state index contributed by atoms with van der Waals surface area (Å²) >= 11 is 9.17. The monoisotopic (exact) mass is 262 g/mol. The van der Waals surface area contributed by atoms with Crippen LogP contribution >= 0.6 is 27.5 Å². The van der Waals surface area contributed by atoms with Crippen LogP contribution in [0, 0.1) is 0 Å². The molecule has 0 aliphatic carbocycles. The molecule has 0 amide bonds. The average Bonchev–Trinajstić information content (AvgIpc) is 2.16. The van der Waals surface area contributed by atoms with E-state index in [-0.39, 0.29) is 0 Å². The molecule has 13 heavy (non-hydrogen) atoms. The zero-order valence-electron chi connectivity index (χ0n) is 7.52. The van der Waals surface area contributed by atoms with Crippen molar-refractivity contribution in [1.29, 1.82) is 0 Å². The minimum Gasteiger partial charge on any atom is -0.493 e. The zero-order valence-corrected chi connectivity index (χ0v) is 9.86. The second-order valence-corrected chi connectivity index (χ2v) is 3.92. The topological polar surface area (TPSA) is 9.23 Å². The van der Waals surface area contributed by atoms with Crippen LogP contribution in [0.5, 0.6) is 5.75 Å². The lowest BCUT2D eigenvalue weighted by atomic mass is 10.2. The molecule has 0 spiro atoms. The number of halogens is 2. The molecule has 0 unspecified atom stereocenters. The number of ether oxygens (including phenoxy) is 1. The second kappa shape index (κ2) is 5.51.